The molecule has 0 aliphatic carbocycles. The number of hydrogen-bond donors (Lipinski definition) is 0. The molecule has 3 rings (SSSR count). The monoisotopic (exact) mass is 242 g/mol. The first-order chi connectivity index (χ1) is 8.93. The predicted octanol–water partition coefficient (Wildman–Crippen LogP) is 1.38. The van der Waals surface area contributed by atoms with E-state index in [4.69, 9.17) is 4.74 Å². The first kappa shape index (κ1) is 11.1. The standard InChI is InChI=1S/C13H14N4O/c1-2-13(17-3-5-18-6-4-17)16-9-11(1)12-7-14-10-15-8-12/h1-2,7-10H,3-6H2. The van der Waals surface area contributed by atoms with Crippen molar-refractivity contribution >= 4 is 5.82 Å². The first-order valence-corrected chi connectivity index (χ1v) is 5.97. The summed E-state index contributed by atoms with van der Waals surface area (Å²) in [5.74, 6) is 0.999. The van der Waals surface area contributed by atoms with Gasteiger partial charge < -0.3 is 9.64 Å². The van der Waals surface area contributed by atoms with Crippen LogP contribution in [0.15, 0.2) is 37.1 Å². The summed E-state index contributed by atoms with van der Waals surface area (Å²) in [4.78, 5) is 14.7. The molecule has 0 bridgehead atoms. The Hall–Kier alpha value is -2.01. The Kier molecular flexibility index (Phi) is 3.14. The Bertz CT molecular complexity index is 494. The number of aromatic nitrogens is 3. The van der Waals surface area contributed by atoms with Gasteiger partial charge >= 0.3 is 0 Å². The second-order valence-electron chi connectivity index (χ2n) is 4.13. The van der Waals surface area contributed by atoms with Gasteiger partial charge in [-0.3, -0.25) is 0 Å². The molecule has 1 aliphatic rings. The molecule has 1 aliphatic heterocycles. The molecule has 2 aromatic rings. The zero-order chi connectivity index (χ0) is 12.2. The Morgan fingerprint density at radius 2 is 1.72 bits per heavy atom. The summed E-state index contributed by atoms with van der Waals surface area (Å²) in [6.07, 6.45) is 6.97. The minimum atomic E-state index is 0.774. The maximum atomic E-state index is 5.33. The number of morpholine rings is 1. The molecular formula is C13H14N4O. The zero-order valence-corrected chi connectivity index (χ0v) is 9.99. The van der Waals surface area contributed by atoms with E-state index < -0.39 is 0 Å². The lowest BCUT2D eigenvalue weighted by Crippen LogP contribution is -2.36. The highest BCUT2D eigenvalue weighted by Gasteiger charge is 2.12. The minimum Gasteiger partial charge on any atom is -0.378 e. The molecule has 2 aromatic heterocycles. The van der Waals surface area contributed by atoms with E-state index in [0.29, 0.717) is 0 Å². The fraction of sp³-hybridized carbons (Fsp3) is 0.308. The first-order valence-electron chi connectivity index (χ1n) is 5.97. The van der Waals surface area contributed by atoms with Crippen molar-refractivity contribution < 1.29 is 4.74 Å². The number of ether oxygens (including phenoxy) is 1. The summed E-state index contributed by atoms with van der Waals surface area (Å²) in [6, 6.07) is 4.09. The number of nitrogens with zero attached hydrogens (tertiary/aromatic N) is 4. The lowest BCUT2D eigenvalue weighted by molar-refractivity contribution is 0.122. The van der Waals surface area contributed by atoms with Crippen molar-refractivity contribution in [2.24, 2.45) is 0 Å². The van der Waals surface area contributed by atoms with Crippen LogP contribution in [0.25, 0.3) is 11.1 Å². The molecule has 5 nitrogen and oxygen atoms in total. The van der Waals surface area contributed by atoms with E-state index in [2.05, 4.69) is 25.9 Å². The predicted molar refractivity (Wildman–Crippen MR) is 68.3 cm³/mol. The third kappa shape index (κ3) is 2.31. The van der Waals surface area contributed by atoms with Crippen molar-refractivity contribution in [3.8, 4) is 11.1 Å². The van der Waals surface area contributed by atoms with Crippen molar-refractivity contribution in [1.82, 2.24) is 15.0 Å². The third-order valence-corrected chi connectivity index (χ3v) is 2.98. The van der Waals surface area contributed by atoms with Crippen LogP contribution < -0.4 is 4.90 Å². The van der Waals surface area contributed by atoms with Crippen LogP contribution in [0.4, 0.5) is 5.82 Å². The molecule has 0 atom stereocenters. The molecule has 0 aromatic carbocycles. The van der Waals surface area contributed by atoms with E-state index in [1.165, 1.54) is 6.33 Å². The lowest BCUT2D eigenvalue weighted by atomic mass is 10.1. The van der Waals surface area contributed by atoms with Crippen LogP contribution in [-0.4, -0.2) is 41.3 Å². The van der Waals surface area contributed by atoms with Crippen molar-refractivity contribution in [1.29, 1.82) is 0 Å². The van der Waals surface area contributed by atoms with E-state index in [-0.39, 0.29) is 0 Å². The quantitative estimate of drug-likeness (QED) is 0.796. The third-order valence-electron chi connectivity index (χ3n) is 2.98. The summed E-state index contributed by atoms with van der Waals surface area (Å²) in [5.41, 5.74) is 2.02. The Morgan fingerprint density at radius 1 is 0.944 bits per heavy atom. The van der Waals surface area contributed by atoms with Crippen LogP contribution in [0.2, 0.25) is 0 Å². The second-order valence-corrected chi connectivity index (χ2v) is 4.13. The van der Waals surface area contributed by atoms with Crippen LogP contribution in [0.1, 0.15) is 0 Å². The number of hydrogen-bond acceptors (Lipinski definition) is 5. The van der Waals surface area contributed by atoms with Crippen LogP contribution in [0.3, 0.4) is 0 Å². The maximum absolute atomic E-state index is 5.33. The van der Waals surface area contributed by atoms with Gasteiger partial charge in [0.05, 0.1) is 13.2 Å². The van der Waals surface area contributed by atoms with Gasteiger partial charge in [0.1, 0.15) is 12.1 Å². The summed E-state index contributed by atoms with van der Waals surface area (Å²) in [5, 5.41) is 0. The molecular weight excluding hydrogens is 228 g/mol. The fourth-order valence-corrected chi connectivity index (χ4v) is 1.98. The van der Waals surface area contributed by atoms with Crippen LogP contribution in [-0.2, 0) is 4.74 Å². The van der Waals surface area contributed by atoms with Crippen LogP contribution >= 0.6 is 0 Å². The molecule has 0 spiro atoms. The highest BCUT2D eigenvalue weighted by Crippen LogP contribution is 2.19. The van der Waals surface area contributed by atoms with Gasteiger partial charge in [-0.2, -0.15) is 0 Å². The zero-order valence-electron chi connectivity index (χ0n) is 9.99. The fourth-order valence-electron chi connectivity index (χ4n) is 1.98. The van der Waals surface area contributed by atoms with E-state index in [9.17, 15) is 0 Å². The van der Waals surface area contributed by atoms with Crippen LogP contribution in [0.5, 0.6) is 0 Å². The SMILES string of the molecule is c1ncc(-c2ccc(N3CCOCC3)nc2)cn1. The molecule has 0 saturated carbocycles. The molecule has 0 amide bonds. The van der Waals surface area contributed by atoms with E-state index >= 15 is 0 Å². The van der Waals surface area contributed by atoms with Gasteiger partial charge in [0, 0.05) is 42.8 Å². The molecule has 5 heteroatoms. The Morgan fingerprint density at radius 3 is 2.39 bits per heavy atom. The molecule has 0 radical (unpaired) electrons. The molecule has 1 saturated heterocycles. The average molecular weight is 242 g/mol. The Labute approximate surface area is 105 Å². The van der Waals surface area contributed by atoms with E-state index in [0.717, 1.165) is 43.2 Å². The molecule has 92 valence electrons. The van der Waals surface area contributed by atoms with E-state index in [1.54, 1.807) is 12.4 Å². The Balaban J connectivity index is 1.80. The topological polar surface area (TPSA) is 51.1 Å². The van der Waals surface area contributed by atoms with Gasteiger partial charge in [0.25, 0.3) is 0 Å². The maximum Gasteiger partial charge on any atom is 0.128 e. The van der Waals surface area contributed by atoms with Gasteiger partial charge in [-0.15, -0.1) is 0 Å². The molecule has 1 fully saturated rings. The van der Waals surface area contributed by atoms with Gasteiger partial charge in [0.2, 0.25) is 0 Å². The largest absolute Gasteiger partial charge is 0.378 e. The number of rotatable bonds is 2. The molecule has 0 N–H and O–H groups in total. The molecule has 0 unspecified atom stereocenters. The van der Waals surface area contributed by atoms with Gasteiger partial charge in [-0.25, -0.2) is 15.0 Å². The normalized spacial score (nSPS) is 15.7. The number of anilines is 1. The van der Waals surface area contributed by atoms with E-state index in [1.807, 2.05) is 12.3 Å². The smallest absolute Gasteiger partial charge is 0.128 e. The lowest BCUT2D eigenvalue weighted by Gasteiger charge is -2.27. The van der Waals surface area contributed by atoms with Crippen molar-refractivity contribution in [2.45, 2.75) is 0 Å². The van der Waals surface area contributed by atoms with Crippen molar-refractivity contribution in [3.05, 3.63) is 37.1 Å². The second kappa shape index (κ2) is 5.10. The average Bonchev–Trinajstić information content (AvgIpc) is 2.49. The van der Waals surface area contributed by atoms with Crippen molar-refractivity contribution in [3.63, 3.8) is 0 Å². The highest BCUT2D eigenvalue weighted by atomic mass is 16.5. The van der Waals surface area contributed by atoms with Crippen molar-refractivity contribution in [2.75, 3.05) is 31.2 Å². The summed E-state index contributed by atoms with van der Waals surface area (Å²) >= 11 is 0. The summed E-state index contributed by atoms with van der Waals surface area (Å²) in [6.45, 7) is 3.35. The number of pyridine rings is 1. The van der Waals surface area contributed by atoms with Gasteiger partial charge in [-0.1, -0.05) is 0 Å². The summed E-state index contributed by atoms with van der Waals surface area (Å²) < 4.78 is 5.33. The summed E-state index contributed by atoms with van der Waals surface area (Å²) in [7, 11) is 0. The molecule has 3 heterocycles. The minimum absolute atomic E-state index is 0.774. The van der Waals surface area contributed by atoms with Gasteiger partial charge in [0.15, 0.2) is 0 Å². The van der Waals surface area contributed by atoms with Gasteiger partial charge in [-0.05, 0) is 12.1 Å². The van der Waals surface area contributed by atoms with Crippen LogP contribution in [0, 0.1) is 0 Å². The molecule has 18 heavy (non-hydrogen) atoms. The highest BCUT2D eigenvalue weighted by molar-refractivity contribution is 5.61.